The number of ether oxygens (including phenoxy) is 1. The molecule has 0 spiro atoms. The van der Waals surface area contributed by atoms with Gasteiger partial charge in [-0.1, -0.05) is 17.7 Å². The summed E-state index contributed by atoms with van der Waals surface area (Å²) in [6, 6.07) is 12.7. The molecule has 0 bridgehead atoms. The first kappa shape index (κ1) is 12.7. The van der Waals surface area contributed by atoms with E-state index in [9.17, 15) is 4.79 Å². The fraction of sp³-hybridized carbons (Fsp3) is 0.0667. The molecule has 0 saturated carbocycles. The Hall–Kier alpha value is -2.27. The van der Waals surface area contributed by atoms with Crippen molar-refractivity contribution in [2.24, 2.45) is 4.99 Å². The molecule has 0 aliphatic carbocycles. The molecule has 2 aromatic carbocycles. The maximum atomic E-state index is 12.0. The number of benzene rings is 2. The molecule has 0 saturated heterocycles. The maximum absolute atomic E-state index is 12.0. The second-order valence-corrected chi connectivity index (χ2v) is 5.24. The number of nitrogens with zero attached hydrogens (tertiary/aromatic N) is 1. The zero-order valence-corrected chi connectivity index (χ0v) is 11.6. The molecule has 0 amide bonds. The molecule has 0 unspecified atom stereocenters. The molecule has 20 heavy (non-hydrogen) atoms. The smallest absolute Gasteiger partial charge is 0.343 e. The lowest BCUT2D eigenvalue weighted by atomic mass is 10.1. The van der Waals surface area contributed by atoms with Crippen LogP contribution in [0.3, 0.4) is 0 Å². The van der Waals surface area contributed by atoms with Gasteiger partial charge in [0.1, 0.15) is 5.75 Å². The van der Waals surface area contributed by atoms with Gasteiger partial charge < -0.3 is 9.46 Å². The van der Waals surface area contributed by atoms with Gasteiger partial charge in [-0.3, -0.25) is 0 Å². The molecular formula is C15H12N2O2S. The third-order valence-electron chi connectivity index (χ3n) is 2.85. The highest BCUT2D eigenvalue weighted by Gasteiger charge is 2.12. The van der Waals surface area contributed by atoms with Crippen molar-refractivity contribution in [1.82, 2.24) is 4.72 Å². The van der Waals surface area contributed by atoms with Crippen LogP contribution in [-0.2, 0) is 0 Å². The van der Waals surface area contributed by atoms with Crippen LogP contribution in [0.2, 0.25) is 0 Å². The summed E-state index contributed by atoms with van der Waals surface area (Å²) < 4.78 is 8.32. The van der Waals surface area contributed by atoms with Gasteiger partial charge in [0.2, 0.25) is 0 Å². The first-order valence-corrected chi connectivity index (χ1v) is 6.92. The second kappa shape index (κ2) is 5.38. The van der Waals surface area contributed by atoms with Crippen LogP contribution >= 0.6 is 11.9 Å². The Morgan fingerprint density at radius 2 is 2.00 bits per heavy atom. The van der Waals surface area contributed by atoms with Crippen molar-refractivity contribution in [3.63, 3.8) is 0 Å². The average molecular weight is 284 g/mol. The molecule has 2 aromatic rings. The van der Waals surface area contributed by atoms with E-state index in [0.29, 0.717) is 11.3 Å². The number of carbonyl (C=O) groups excluding carboxylic acids is 1. The SMILES string of the molecule is Cc1ccc(C(=O)Oc2ccc3c(c2)SNC=N3)cc1. The summed E-state index contributed by atoms with van der Waals surface area (Å²) in [7, 11) is 0. The molecule has 0 fully saturated rings. The lowest BCUT2D eigenvalue weighted by Gasteiger charge is -2.11. The zero-order chi connectivity index (χ0) is 13.9. The van der Waals surface area contributed by atoms with E-state index >= 15 is 0 Å². The van der Waals surface area contributed by atoms with E-state index < -0.39 is 0 Å². The van der Waals surface area contributed by atoms with Gasteiger partial charge in [-0.2, -0.15) is 0 Å². The molecule has 1 N–H and O–H groups in total. The van der Waals surface area contributed by atoms with Crippen molar-refractivity contribution < 1.29 is 9.53 Å². The van der Waals surface area contributed by atoms with Gasteiger partial charge in [-0.25, -0.2) is 9.79 Å². The third-order valence-corrected chi connectivity index (χ3v) is 3.62. The van der Waals surface area contributed by atoms with E-state index in [0.717, 1.165) is 16.1 Å². The fourth-order valence-electron chi connectivity index (χ4n) is 1.79. The normalized spacial score (nSPS) is 12.4. The van der Waals surface area contributed by atoms with Crippen LogP contribution in [0.1, 0.15) is 15.9 Å². The minimum atomic E-state index is -0.359. The van der Waals surface area contributed by atoms with E-state index in [1.165, 1.54) is 11.9 Å². The zero-order valence-electron chi connectivity index (χ0n) is 10.8. The first-order chi connectivity index (χ1) is 9.72. The molecule has 3 rings (SSSR count). The molecule has 4 nitrogen and oxygen atoms in total. The number of aryl methyl sites for hydroxylation is 1. The number of carbonyl (C=O) groups is 1. The van der Waals surface area contributed by atoms with Crippen molar-refractivity contribution >= 4 is 29.9 Å². The summed E-state index contributed by atoms with van der Waals surface area (Å²) in [6.07, 6.45) is 1.63. The highest BCUT2D eigenvalue weighted by Crippen LogP contribution is 2.33. The van der Waals surface area contributed by atoms with Gasteiger partial charge in [0.05, 0.1) is 22.5 Å². The topological polar surface area (TPSA) is 50.7 Å². The Morgan fingerprint density at radius 1 is 1.20 bits per heavy atom. The number of esters is 1. The predicted octanol–water partition coefficient (Wildman–Crippen LogP) is 3.48. The minimum Gasteiger partial charge on any atom is -0.423 e. The molecule has 0 atom stereocenters. The van der Waals surface area contributed by atoms with Crippen LogP contribution in [0.5, 0.6) is 5.75 Å². The van der Waals surface area contributed by atoms with Crippen molar-refractivity contribution in [3.8, 4) is 5.75 Å². The van der Waals surface area contributed by atoms with E-state index in [2.05, 4.69) is 9.71 Å². The summed E-state index contributed by atoms with van der Waals surface area (Å²) in [6.45, 7) is 1.98. The second-order valence-electron chi connectivity index (χ2n) is 4.36. The molecular weight excluding hydrogens is 272 g/mol. The molecule has 1 aliphatic rings. The lowest BCUT2D eigenvalue weighted by Crippen LogP contribution is -2.09. The fourth-order valence-corrected chi connectivity index (χ4v) is 2.42. The van der Waals surface area contributed by atoms with Crippen LogP contribution in [-0.4, -0.2) is 12.3 Å². The predicted molar refractivity (Wildman–Crippen MR) is 79.7 cm³/mol. The quantitative estimate of drug-likeness (QED) is 0.521. The molecule has 1 heterocycles. The van der Waals surface area contributed by atoms with E-state index in [1.54, 1.807) is 30.6 Å². The standard InChI is InChI=1S/C15H12N2O2S/c1-10-2-4-11(5-3-10)15(18)19-12-6-7-13-14(8-12)20-17-9-16-13/h2-9H,1H3,(H,16,17). The van der Waals surface area contributed by atoms with Crippen molar-refractivity contribution in [1.29, 1.82) is 0 Å². The largest absolute Gasteiger partial charge is 0.423 e. The van der Waals surface area contributed by atoms with Crippen molar-refractivity contribution in [2.45, 2.75) is 11.8 Å². The van der Waals surface area contributed by atoms with Crippen molar-refractivity contribution in [2.75, 3.05) is 0 Å². The summed E-state index contributed by atoms with van der Waals surface area (Å²) in [4.78, 5) is 17.1. The monoisotopic (exact) mass is 284 g/mol. The van der Waals surface area contributed by atoms with Crippen molar-refractivity contribution in [3.05, 3.63) is 53.6 Å². The van der Waals surface area contributed by atoms with Gasteiger partial charge >= 0.3 is 5.97 Å². The van der Waals surface area contributed by atoms with Crippen LogP contribution in [0.4, 0.5) is 5.69 Å². The number of aliphatic imine (C=N–C) groups is 1. The number of hydrogen-bond acceptors (Lipinski definition) is 5. The van der Waals surface area contributed by atoms with Crippen LogP contribution in [0.25, 0.3) is 0 Å². The summed E-state index contributed by atoms with van der Waals surface area (Å²) in [5.74, 6) is 0.156. The molecule has 0 radical (unpaired) electrons. The number of rotatable bonds is 2. The number of hydrogen-bond donors (Lipinski definition) is 1. The Morgan fingerprint density at radius 3 is 2.80 bits per heavy atom. The maximum Gasteiger partial charge on any atom is 0.343 e. The Balaban J connectivity index is 1.79. The Bertz CT molecular complexity index is 681. The summed E-state index contributed by atoms with van der Waals surface area (Å²) in [5.41, 5.74) is 2.51. The third kappa shape index (κ3) is 2.67. The number of fused-ring (bicyclic) bond motifs is 1. The highest BCUT2D eigenvalue weighted by atomic mass is 32.2. The van der Waals surface area contributed by atoms with Crippen LogP contribution < -0.4 is 9.46 Å². The van der Waals surface area contributed by atoms with Gasteiger partial charge in [-0.05, 0) is 49.2 Å². The summed E-state index contributed by atoms with van der Waals surface area (Å²) in [5, 5.41) is 0. The molecule has 0 aromatic heterocycles. The van der Waals surface area contributed by atoms with E-state index in [1.807, 2.05) is 25.1 Å². The van der Waals surface area contributed by atoms with E-state index in [-0.39, 0.29) is 5.97 Å². The Labute approximate surface area is 121 Å². The van der Waals surface area contributed by atoms with Crippen LogP contribution in [0.15, 0.2) is 52.4 Å². The van der Waals surface area contributed by atoms with E-state index in [4.69, 9.17) is 4.74 Å². The van der Waals surface area contributed by atoms with Gasteiger partial charge in [0, 0.05) is 0 Å². The minimum absolute atomic E-state index is 0.359. The van der Waals surface area contributed by atoms with Gasteiger partial charge in [0.25, 0.3) is 0 Å². The Kier molecular flexibility index (Phi) is 3.43. The lowest BCUT2D eigenvalue weighted by molar-refractivity contribution is 0.0734. The molecule has 5 heteroatoms. The molecule has 1 aliphatic heterocycles. The van der Waals surface area contributed by atoms with Gasteiger partial charge in [0.15, 0.2) is 0 Å². The average Bonchev–Trinajstić information content (AvgIpc) is 2.48. The highest BCUT2D eigenvalue weighted by molar-refractivity contribution is 7.98. The first-order valence-electron chi connectivity index (χ1n) is 6.10. The summed E-state index contributed by atoms with van der Waals surface area (Å²) >= 11 is 1.44. The molecule has 100 valence electrons. The number of nitrogens with one attached hydrogen (secondary N) is 1. The van der Waals surface area contributed by atoms with Crippen LogP contribution in [0, 0.1) is 6.92 Å². The van der Waals surface area contributed by atoms with Gasteiger partial charge in [-0.15, -0.1) is 0 Å².